The number of hydrogen-bond donors (Lipinski definition) is 2. The average Bonchev–Trinajstić information content (AvgIpc) is 2.15. The van der Waals surface area contributed by atoms with Crippen LogP contribution in [-0.2, 0) is 0 Å². The summed E-state index contributed by atoms with van der Waals surface area (Å²) < 4.78 is 0. The molecule has 1 aromatic rings. The molecule has 13 heavy (non-hydrogen) atoms. The van der Waals surface area contributed by atoms with Gasteiger partial charge in [0.2, 0.25) is 0 Å². The Morgan fingerprint density at radius 3 is 2.54 bits per heavy atom. The molecule has 0 bridgehead atoms. The molecule has 1 rings (SSSR count). The highest BCUT2D eigenvalue weighted by atomic mass is 32.2. The highest BCUT2D eigenvalue weighted by Gasteiger charge is 2.08. The maximum Gasteiger partial charge on any atom is 0.151 e. The highest BCUT2D eigenvalue weighted by Crippen LogP contribution is 2.28. The number of amidine groups is 1. The van der Waals surface area contributed by atoms with Crippen LogP contribution in [0.1, 0.15) is 10.8 Å². The van der Waals surface area contributed by atoms with Gasteiger partial charge in [0.05, 0.1) is 5.25 Å². The van der Waals surface area contributed by atoms with E-state index in [-0.39, 0.29) is 10.4 Å². The van der Waals surface area contributed by atoms with E-state index in [1.165, 1.54) is 11.8 Å². The fourth-order valence-electron chi connectivity index (χ4n) is 1.03. The Balaban J connectivity index is 2.78. The molecule has 0 aliphatic rings. The molecule has 0 amide bonds. The molecule has 0 spiro atoms. The molecular weight excluding hydrogens is 180 g/mol. The molecule has 1 aromatic carbocycles. The van der Waals surface area contributed by atoms with Gasteiger partial charge < -0.3 is 5.73 Å². The van der Waals surface area contributed by atoms with E-state index in [0.29, 0.717) is 0 Å². The standard InChI is InChI=1S/C10H12N2S/c1-2-9(13-10(11)12)8-6-4-3-5-7-8/h2-7,9H,1H2,(H3,11,12). The lowest BCUT2D eigenvalue weighted by Crippen LogP contribution is -2.06. The van der Waals surface area contributed by atoms with E-state index in [0.717, 1.165) is 5.56 Å². The van der Waals surface area contributed by atoms with Crippen molar-refractivity contribution in [3.63, 3.8) is 0 Å². The zero-order chi connectivity index (χ0) is 9.68. The third-order valence-corrected chi connectivity index (χ3v) is 2.57. The summed E-state index contributed by atoms with van der Waals surface area (Å²) in [6.07, 6.45) is 1.79. The van der Waals surface area contributed by atoms with Crippen molar-refractivity contribution >= 4 is 16.9 Å². The van der Waals surface area contributed by atoms with E-state index >= 15 is 0 Å². The van der Waals surface area contributed by atoms with Crippen molar-refractivity contribution in [3.05, 3.63) is 48.6 Å². The Morgan fingerprint density at radius 2 is 2.08 bits per heavy atom. The quantitative estimate of drug-likeness (QED) is 0.439. The number of thioether (sulfide) groups is 1. The maximum absolute atomic E-state index is 7.17. The predicted molar refractivity (Wildman–Crippen MR) is 58.9 cm³/mol. The second-order valence-electron chi connectivity index (χ2n) is 2.55. The van der Waals surface area contributed by atoms with E-state index in [4.69, 9.17) is 11.1 Å². The first-order valence-corrected chi connectivity index (χ1v) is 4.80. The molecule has 1 unspecified atom stereocenters. The van der Waals surface area contributed by atoms with E-state index in [2.05, 4.69) is 6.58 Å². The summed E-state index contributed by atoms with van der Waals surface area (Å²) in [4.78, 5) is 0. The van der Waals surface area contributed by atoms with Crippen LogP contribution in [0.3, 0.4) is 0 Å². The topological polar surface area (TPSA) is 49.9 Å². The molecule has 0 aliphatic heterocycles. The largest absolute Gasteiger partial charge is 0.379 e. The van der Waals surface area contributed by atoms with Gasteiger partial charge >= 0.3 is 0 Å². The number of benzene rings is 1. The smallest absolute Gasteiger partial charge is 0.151 e. The second kappa shape index (κ2) is 4.72. The molecule has 0 heterocycles. The molecule has 68 valence electrons. The number of rotatable bonds is 3. The van der Waals surface area contributed by atoms with Crippen molar-refractivity contribution < 1.29 is 0 Å². The Labute approximate surface area is 82.3 Å². The number of nitrogens with two attached hydrogens (primary N) is 1. The van der Waals surface area contributed by atoms with Gasteiger partial charge in [-0.3, -0.25) is 5.41 Å². The lowest BCUT2D eigenvalue weighted by Gasteiger charge is -2.10. The van der Waals surface area contributed by atoms with Crippen LogP contribution < -0.4 is 5.73 Å². The molecule has 0 aliphatic carbocycles. The fourth-order valence-corrected chi connectivity index (χ4v) is 1.69. The molecule has 0 aromatic heterocycles. The Morgan fingerprint density at radius 1 is 1.46 bits per heavy atom. The van der Waals surface area contributed by atoms with Gasteiger partial charge in [-0.05, 0) is 5.56 Å². The summed E-state index contributed by atoms with van der Waals surface area (Å²) in [7, 11) is 0. The van der Waals surface area contributed by atoms with Crippen LogP contribution in [0.4, 0.5) is 0 Å². The van der Waals surface area contributed by atoms with Crippen LogP contribution in [0, 0.1) is 5.41 Å². The minimum Gasteiger partial charge on any atom is -0.379 e. The van der Waals surface area contributed by atoms with Crippen LogP contribution in [0.5, 0.6) is 0 Å². The summed E-state index contributed by atoms with van der Waals surface area (Å²) in [6.45, 7) is 3.72. The lowest BCUT2D eigenvalue weighted by atomic mass is 10.1. The zero-order valence-electron chi connectivity index (χ0n) is 7.23. The molecular formula is C10H12N2S. The van der Waals surface area contributed by atoms with Gasteiger partial charge in [0.1, 0.15) is 0 Å². The normalized spacial score (nSPS) is 12.0. The number of nitrogens with one attached hydrogen (secondary N) is 1. The maximum atomic E-state index is 7.17. The minimum absolute atomic E-state index is 0.0821. The summed E-state index contributed by atoms with van der Waals surface area (Å²) in [6, 6.07) is 9.89. The van der Waals surface area contributed by atoms with Gasteiger partial charge in [-0.2, -0.15) is 0 Å². The van der Waals surface area contributed by atoms with Gasteiger partial charge in [-0.15, -0.1) is 6.58 Å². The van der Waals surface area contributed by atoms with Crippen molar-refractivity contribution in [1.82, 2.24) is 0 Å². The third-order valence-electron chi connectivity index (χ3n) is 1.60. The first-order valence-electron chi connectivity index (χ1n) is 3.92. The van der Waals surface area contributed by atoms with Crippen LogP contribution in [-0.4, -0.2) is 5.17 Å². The molecule has 0 saturated carbocycles. The first kappa shape index (κ1) is 9.86. The lowest BCUT2D eigenvalue weighted by molar-refractivity contribution is 1.24. The molecule has 0 radical (unpaired) electrons. The Hall–Kier alpha value is -1.22. The van der Waals surface area contributed by atoms with E-state index in [9.17, 15) is 0 Å². The molecule has 0 fully saturated rings. The summed E-state index contributed by atoms with van der Waals surface area (Å²) in [5, 5.41) is 7.37. The Bertz CT molecular complexity index is 295. The first-order chi connectivity index (χ1) is 6.24. The molecule has 2 nitrogen and oxygen atoms in total. The minimum atomic E-state index is 0.0821. The van der Waals surface area contributed by atoms with Crippen LogP contribution in [0.2, 0.25) is 0 Å². The second-order valence-corrected chi connectivity index (χ2v) is 3.73. The molecule has 1 atom stereocenters. The summed E-state index contributed by atoms with van der Waals surface area (Å²) in [5.41, 5.74) is 6.43. The van der Waals surface area contributed by atoms with Crippen LogP contribution >= 0.6 is 11.8 Å². The van der Waals surface area contributed by atoms with Crippen molar-refractivity contribution in [2.45, 2.75) is 5.25 Å². The van der Waals surface area contributed by atoms with E-state index < -0.39 is 0 Å². The van der Waals surface area contributed by atoms with Crippen molar-refractivity contribution in [3.8, 4) is 0 Å². The van der Waals surface area contributed by atoms with Gasteiger partial charge in [0.15, 0.2) is 5.17 Å². The van der Waals surface area contributed by atoms with E-state index in [1.54, 1.807) is 6.08 Å². The van der Waals surface area contributed by atoms with Crippen molar-refractivity contribution in [2.75, 3.05) is 0 Å². The summed E-state index contributed by atoms with van der Waals surface area (Å²) >= 11 is 1.30. The Kier molecular flexibility index (Phi) is 3.58. The monoisotopic (exact) mass is 192 g/mol. The van der Waals surface area contributed by atoms with Gasteiger partial charge in [-0.25, -0.2) is 0 Å². The van der Waals surface area contributed by atoms with Gasteiger partial charge in [0, 0.05) is 0 Å². The fraction of sp³-hybridized carbons (Fsp3) is 0.100. The van der Waals surface area contributed by atoms with Crippen LogP contribution in [0.25, 0.3) is 0 Å². The molecule has 3 heteroatoms. The van der Waals surface area contributed by atoms with Crippen LogP contribution in [0.15, 0.2) is 43.0 Å². The molecule has 0 saturated heterocycles. The molecule has 3 N–H and O–H groups in total. The average molecular weight is 192 g/mol. The van der Waals surface area contributed by atoms with Crippen molar-refractivity contribution in [1.29, 1.82) is 5.41 Å². The third kappa shape index (κ3) is 2.95. The van der Waals surface area contributed by atoms with Gasteiger partial charge in [0.25, 0.3) is 0 Å². The van der Waals surface area contributed by atoms with Gasteiger partial charge in [-0.1, -0.05) is 48.2 Å². The SMILES string of the molecule is C=CC(SC(=N)N)c1ccccc1. The highest BCUT2D eigenvalue weighted by molar-refractivity contribution is 8.14. The van der Waals surface area contributed by atoms with E-state index in [1.807, 2.05) is 30.3 Å². The predicted octanol–water partition coefficient (Wildman–Crippen LogP) is 2.54. The number of hydrogen-bond acceptors (Lipinski definition) is 2. The summed E-state index contributed by atoms with van der Waals surface area (Å²) in [5.74, 6) is 0. The zero-order valence-corrected chi connectivity index (χ0v) is 8.05. The van der Waals surface area contributed by atoms with Crippen molar-refractivity contribution in [2.24, 2.45) is 5.73 Å².